The van der Waals surface area contributed by atoms with E-state index in [9.17, 15) is 19.2 Å². The molecule has 16 heteroatoms. The lowest BCUT2D eigenvalue weighted by Gasteiger charge is -2.30. The maximum atomic E-state index is 13.5. The number of ether oxygens (including phenoxy) is 2. The maximum Gasteiger partial charge on any atom is 0.407 e. The number of carbonyl (C=O) groups excluding carboxylic acids is 4. The predicted molar refractivity (Wildman–Crippen MR) is 212 cm³/mol. The smallest absolute Gasteiger partial charge is 0.407 e. The van der Waals surface area contributed by atoms with Crippen LogP contribution in [0.25, 0.3) is 33.6 Å². The number of aromatic amines is 2. The molecule has 2 aromatic heterocycles. The molecule has 0 aliphatic carbocycles. The highest BCUT2D eigenvalue weighted by Crippen LogP contribution is 2.35. The first-order valence-corrected chi connectivity index (χ1v) is 18.2. The van der Waals surface area contributed by atoms with Crippen molar-refractivity contribution in [1.29, 1.82) is 0 Å². The minimum Gasteiger partial charge on any atom is -0.453 e. The maximum absolute atomic E-state index is 13.5. The number of nitrogens with two attached hydrogens (primary N) is 1. The van der Waals surface area contributed by atoms with Crippen LogP contribution in [0.15, 0.2) is 60.9 Å². The lowest BCUT2D eigenvalue weighted by molar-refractivity contribution is -0.143. The van der Waals surface area contributed by atoms with Crippen molar-refractivity contribution in [3.8, 4) is 33.6 Å². The van der Waals surface area contributed by atoms with Crippen molar-refractivity contribution >= 4 is 48.8 Å². The van der Waals surface area contributed by atoms with Gasteiger partial charge in [0.1, 0.15) is 17.7 Å². The Morgan fingerprint density at radius 2 is 1.16 bits per heavy atom. The van der Waals surface area contributed by atoms with E-state index in [1.807, 2.05) is 52.0 Å². The number of methoxy groups -OCH3 is 1. The third-order valence-electron chi connectivity index (χ3n) is 10.1. The number of primary amides is 1. The minimum atomic E-state index is -0.963. The van der Waals surface area contributed by atoms with E-state index in [2.05, 4.69) is 49.5 Å². The Bertz CT molecular complexity index is 1930. The van der Waals surface area contributed by atoms with Crippen molar-refractivity contribution in [1.82, 2.24) is 35.1 Å². The zero-order valence-corrected chi connectivity index (χ0v) is 33.2. The summed E-state index contributed by atoms with van der Waals surface area (Å²) in [7, 11) is 1.29. The normalized spacial score (nSPS) is 17.7. The average molecular weight is 798 g/mol. The summed E-state index contributed by atoms with van der Waals surface area (Å²) < 4.78 is 9.91. The highest BCUT2D eigenvalue weighted by molar-refractivity contribution is 5.87. The number of nitrogens with one attached hydrogen (secondary N) is 3. The second kappa shape index (κ2) is 18.5. The molecule has 4 aromatic rings. The van der Waals surface area contributed by atoms with E-state index >= 15 is 0 Å². The van der Waals surface area contributed by atoms with E-state index in [0.717, 1.165) is 65.1 Å². The second-order valence-electron chi connectivity index (χ2n) is 14.4. The third-order valence-corrected chi connectivity index (χ3v) is 10.1. The molecule has 5 N–H and O–H groups in total. The second-order valence-corrected chi connectivity index (χ2v) is 14.4. The van der Waals surface area contributed by atoms with Crippen LogP contribution < -0.4 is 11.1 Å². The molecular formula is C39H50Cl2N8O6. The summed E-state index contributed by atoms with van der Waals surface area (Å²) in [6.07, 6.45) is 4.24. The van der Waals surface area contributed by atoms with Crippen LogP contribution in [0.2, 0.25) is 0 Å². The van der Waals surface area contributed by atoms with Gasteiger partial charge in [-0.25, -0.2) is 19.6 Å². The van der Waals surface area contributed by atoms with Gasteiger partial charge in [0.15, 0.2) is 6.10 Å². The van der Waals surface area contributed by atoms with Crippen LogP contribution in [0.1, 0.15) is 77.1 Å². The van der Waals surface area contributed by atoms with Gasteiger partial charge >= 0.3 is 12.2 Å². The van der Waals surface area contributed by atoms with Gasteiger partial charge in [-0.05, 0) is 59.8 Å². The van der Waals surface area contributed by atoms with Crippen LogP contribution in [0.3, 0.4) is 0 Å². The van der Waals surface area contributed by atoms with Crippen LogP contribution in [0, 0.1) is 11.8 Å². The van der Waals surface area contributed by atoms with Crippen molar-refractivity contribution < 1.29 is 28.7 Å². The average Bonchev–Trinajstić information content (AvgIpc) is 3.98. The summed E-state index contributed by atoms with van der Waals surface area (Å²) in [6.45, 7) is 8.58. The largest absolute Gasteiger partial charge is 0.453 e. The number of rotatable bonds is 11. The molecule has 2 aliphatic heterocycles. The van der Waals surface area contributed by atoms with E-state index in [0.29, 0.717) is 18.9 Å². The predicted octanol–water partition coefficient (Wildman–Crippen LogP) is 6.80. The Morgan fingerprint density at radius 3 is 1.56 bits per heavy atom. The molecule has 6 rings (SSSR count). The van der Waals surface area contributed by atoms with Crippen molar-refractivity contribution in [3.63, 3.8) is 0 Å². The number of hydrogen-bond acceptors (Lipinski definition) is 8. The lowest BCUT2D eigenvalue weighted by atomic mass is 10.0. The number of alkyl carbamates (subject to hydrolysis) is 1. The Morgan fingerprint density at radius 1 is 0.727 bits per heavy atom. The first-order valence-electron chi connectivity index (χ1n) is 18.2. The molecule has 296 valence electrons. The molecule has 4 amide bonds. The molecule has 2 fully saturated rings. The van der Waals surface area contributed by atoms with Crippen LogP contribution in [-0.4, -0.2) is 86.1 Å². The molecule has 0 saturated carbocycles. The summed E-state index contributed by atoms with van der Waals surface area (Å²) in [4.78, 5) is 69.9. The zero-order chi connectivity index (χ0) is 37.8. The molecule has 2 aromatic carbocycles. The highest BCUT2D eigenvalue weighted by Gasteiger charge is 2.39. The number of imidazole rings is 2. The zero-order valence-electron chi connectivity index (χ0n) is 31.6. The van der Waals surface area contributed by atoms with Crippen molar-refractivity contribution in [3.05, 3.63) is 72.6 Å². The topological polar surface area (TPSA) is 189 Å². The van der Waals surface area contributed by atoms with Gasteiger partial charge in [0.05, 0.1) is 43.0 Å². The Kier molecular flexibility index (Phi) is 14.4. The minimum absolute atomic E-state index is 0. The summed E-state index contributed by atoms with van der Waals surface area (Å²) >= 11 is 0. The number of benzene rings is 2. The highest BCUT2D eigenvalue weighted by atomic mass is 35.5. The van der Waals surface area contributed by atoms with E-state index in [-0.39, 0.29) is 60.5 Å². The van der Waals surface area contributed by atoms with Crippen LogP contribution in [0.4, 0.5) is 9.59 Å². The van der Waals surface area contributed by atoms with Crippen molar-refractivity contribution in [2.75, 3.05) is 20.2 Å². The van der Waals surface area contributed by atoms with Gasteiger partial charge in [-0.2, -0.15) is 0 Å². The Hall–Kier alpha value is -5.08. The Labute approximate surface area is 333 Å². The number of likely N-dealkylation sites (tertiary alicyclic amines) is 2. The standard InChI is InChI=1S/C39H48N8O6.2ClH/c1-22(2)32(45-39(51)52-5)36(48)46-18-6-8-30(46)34-41-20-28(43-34)26-14-10-24(11-15-26)25-12-16-27(17-13-25)29-21-42-35(44-29)31-9-7-19-47(31)37(49)33(23(3)4)53-38(40)50;;/h10-17,20-23,30-33H,6-9,18-19H2,1-5H3,(H2,40,50)(H,41,43)(H,42,44)(H,45,51);2*1H/t30-,31-,32-,33-;;/m0../s1. The molecule has 0 bridgehead atoms. The van der Waals surface area contributed by atoms with Gasteiger partial charge in [0.25, 0.3) is 5.91 Å². The molecule has 14 nitrogen and oxygen atoms in total. The summed E-state index contributed by atoms with van der Waals surface area (Å²) in [5.74, 6) is 0.682. The molecule has 2 saturated heterocycles. The quantitative estimate of drug-likeness (QED) is 0.127. The molecule has 4 atom stereocenters. The molecule has 0 spiro atoms. The summed E-state index contributed by atoms with van der Waals surface area (Å²) in [5, 5.41) is 2.69. The van der Waals surface area contributed by atoms with E-state index < -0.39 is 24.3 Å². The van der Waals surface area contributed by atoms with Gasteiger partial charge in [0, 0.05) is 13.1 Å². The first-order chi connectivity index (χ1) is 25.4. The number of halogens is 2. The van der Waals surface area contributed by atoms with E-state index in [4.69, 9.17) is 15.2 Å². The van der Waals surface area contributed by atoms with Crippen molar-refractivity contribution in [2.24, 2.45) is 17.6 Å². The fraction of sp³-hybridized carbons (Fsp3) is 0.436. The van der Waals surface area contributed by atoms with Gasteiger partial charge in [-0.1, -0.05) is 76.2 Å². The van der Waals surface area contributed by atoms with Gasteiger partial charge in [-0.3, -0.25) is 9.59 Å². The number of amides is 4. The van der Waals surface area contributed by atoms with Gasteiger partial charge in [0.2, 0.25) is 5.91 Å². The van der Waals surface area contributed by atoms with Crippen LogP contribution in [-0.2, 0) is 19.1 Å². The Balaban J connectivity index is 0.00000336. The first kappa shape index (κ1) is 42.7. The number of nitrogens with zero attached hydrogens (tertiary/aromatic N) is 4. The van der Waals surface area contributed by atoms with Crippen LogP contribution in [0.5, 0.6) is 0 Å². The van der Waals surface area contributed by atoms with E-state index in [1.54, 1.807) is 22.2 Å². The number of hydrogen-bond donors (Lipinski definition) is 4. The molecule has 0 radical (unpaired) electrons. The molecule has 2 aliphatic rings. The SMILES string of the molecule is COC(=O)N[C@H](C(=O)N1CCC[C@H]1c1ncc(-c2ccc(-c3ccc(-c4cnc([C@@H]5CCCN5C(=O)[C@@H](OC(N)=O)C(C)C)[nH]4)cc3)cc2)[nH]1)C(C)C.Cl.Cl. The monoisotopic (exact) mass is 796 g/mol. The summed E-state index contributed by atoms with van der Waals surface area (Å²) in [6, 6.07) is 15.3. The molecule has 0 unspecified atom stereocenters. The number of aromatic nitrogens is 4. The van der Waals surface area contributed by atoms with Crippen molar-refractivity contribution in [2.45, 2.75) is 77.6 Å². The van der Waals surface area contributed by atoms with Crippen LogP contribution >= 0.6 is 24.8 Å². The number of H-pyrrole nitrogens is 2. The third kappa shape index (κ3) is 9.42. The summed E-state index contributed by atoms with van der Waals surface area (Å²) in [5.41, 5.74) is 11.0. The van der Waals surface area contributed by atoms with E-state index in [1.165, 1.54) is 7.11 Å². The molecular weight excluding hydrogens is 747 g/mol. The lowest BCUT2D eigenvalue weighted by Crippen LogP contribution is -2.51. The molecule has 55 heavy (non-hydrogen) atoms. The molecule has 4 heterocycles. The van der Waals surface area contributed by atoms with Gasteiger partial charge < -0.3 is 40.3 Å². The fourth-order valence-corrected chi connectivity index (χ4v) is 7.26. The number of carbonyl (C=O) groups is 4. The van der Waals surface area contributed by atoms with Gasteiger partial charge in [-0.15, -0.1) is 24.8 Å². The fourth-order valence-electron chi connectivity index (χ4n) is 7.26.